The number of carbonyl (C=O) groups excluding carboxylic acids is 1. The Morgan fingerprint density at radius 3 is 3.06 bits per heavy atom. The normalized spacial score (nSPS) is 23.2. The summed E-state index contributed by atoms with van der Waals surface area (Å²) in [4.78, 5) is 12.0. The number of aromatic nitrogens is 2. The zero-order chi connectivity index (χ0) is 12.3. The molecule has 0 spiro atoms. The highest BCUT2D eigenvalue weighted by Crippen LogP contribution is 2.11. The van der Waals surface area contributed by atoms with Gasteiger partial charge < -0.3 is 10.6 Å². The van der Waals surface area contributed by atoms with Crippen LogP contribution >= 0.6 is 12.4 Å². The first-order valence-corrected chi connectivity index (χ1v) is 6.24. The summed E-state index contributed by atoms with van der Waals surface area (Å²) >= 11 is 0. The fourth-order valence-electron chi connectivity index (χ4n) is 2.09. The molecule has 2 atom stereocenters. The number of nitrogens with one attached hydrogen (secondary N) is 2. The van der Waals surface area contributed by atoms with Gasteiger partial charge in [0.05, 0.1) is 11.8 Å². The van der Waals surface area contributed by atoms with Crippen molar-refractivity contribution in [2.75, 3.05) is 13.1 Å². The summed E-state index contributed by atoms with van der Waals surface area (Å²) in [6, 6.07) is 0.223. The topological polar surface area (TPSA) is 59.0 Å². The predicted octanol–water partition coefficient (Wildman–Crippen LogP) is 1.05. The molecule has 1 aliphatic rings. The van der Waals surface area contributed by atoms with Crippen molar-refractivity contribution in [3.05, 3.63) is 18.0 Å². The van der Waals surface area contributed by atoms with E-state index in [0.29, 0.717) is 11.5 Å². The van der Waals surface area contributed by atoms with Gasteiger partial charge in [-0.15, -0.1) is 12.4 Å². The lowest BCUT2D eigenvalue weighted by Gasteiger charge is -2.30. The molecule has 2 rings (SSSR count). The zero-order valence-corrected chi connectivity index (χ0v) is 11.7. The highest BCUT2D eigenvalue weighted by Gasteiger charge is 2.23. The van der Waals surface area contributed by atoms with Gasteiger partial charge >= 0.3 is 0 Å². The molecule has 0 radical (unpaired) electrons. The van der Waals surface area contributed by atoms with Crippen LogP contribution in [-0.2, 0) is 6.54 Å². The van der Waals surface area contributed by atoms with Gasteiger partial charge in [0.15, 0.2) is 0 Å². The molecule has 2 unspecified atom stereocenters. The highest BCUT2D eigenvalue weighted by molar-refractivity contribution is 5.93. The average Bonchev–Trinajstić information content (AvgIpc) is 2.81. The standard InChI is InChI=1S/C12H20N4O.ClH/c1-3-16-8-10(6-14-16)12(17)15-11-7-13-5-4-9(11)2;/h6,8-9,11,13H,3-5,7H2,1-2H3,(H,15,17);1H. The van der Waals surface area contributed by atoms with Crippen molar-refractivity contribution in [3.8, 4) is 0 Å². The Labute approximate surface area is 114 Å². The summed E-state index contributed by atoms with van der Waals surface area (Å²) in [5, 5.41) is 10.5. The van der Waals surface area contributed by atoms with Crippen molar-refractivity contribution in [1.29, 1.82) is 0 Å². The summed E-state index contributed by atoms with van der Waals surface area (Å²) in [6.07, 6.45) is 4.52. The number of aryl methyl sites for hydroxylation is 1. The Kier molecular flexibility index (Phi) is 5.62. The molecule has 2 heterocycles. The second kappa shape index (κ2) is 6.75. The molecule has 2 N–H and O–H groups in total. The van der Waals surface area contributed by atoms with Gasteiger partial charge in [0, 0.05) is 25.3 Å². The van der Waals surface area contributed by atoms with Crippen LogP contribution in [-0.4, -0.2) is 34.8 Å². The van der Waals surface area contributed by atoms with Crippen molar-refractivity contribution in [2.45, 2.75) is 32.9 Å². The summed E-state index contributed by atoms with van der Waals surface area (Å²) in [5.41, 5.74) is 0.643. The minimum absolute atomic E-state index is 0. The Morgan fingerprint density at radius 1 is 1.67 bits per heavy atom. The lowest BCUT2D eigenvalue weighted by Crippen LogP contribution is -2.50. The lowest BCUT2D eigenvalue weighted by molar-refractivity contribution is 0.0915. The third kappa shape index (κ3) is 3.46. The first kappa shape index (κ1) is 15.0. The van der Waals surface area contributed by atoms with E-state index in [2.05, 4.69) is 22.7 Å². The van der Waals surface area contributed by atoms with Crippen LogP contribution in [0.5, 0.6) is 0 Å². The molecule has 5 nitrogen and oxygen atoms in total. The summed E-state index contributed by atoms with van der Waals surface area (Å²) < 4.78 is 1.76. The molecule has 0 bridgehead atoms. The number of amides is 1. The van der Waals surface area contributed by atoms with Crippen molar-refractivity contribution in [2.24, 2.45) is 5.92 Å². The summed E-state index contributed by atoms with van der Waals surface area (Å²) in [7, 11) is 0. The van der Waals surface area contributed by atoms with E-state index in [4.69, 9.17) is 0 Å². The maximum atomic E-state index is 12.0. The second-order valence-corrected chi connectivity index (χ2v) is 4.63. The molecule has 1 aliphatic heterocycles. The number of halogens is 1. The maximum Gasteiger partial charge on any atom is 0.254 e. The van der Waals surface area contributed by atoms with Gasteiger partial charge in [-0.05, 0) is 25.8 Å². The van der Waals surface area contributed by atoms with Crippen LogP contribution in [0.25, 0.3) is 0 Å². The van der Waals surface area contributed by atoms with Crippen LogP contribution in [0, 0.1) is 5.92 Å². The SMILES string of the molecule is CCn1cc(C(=O)NC2CNCCC2C)cn1.Cl. The number of carbonyl (C=O) groups is 1. The molecule has 1 aromatic heterocycles. The van der Waals surface area contributed by atoms with Crippen LogP contribution in [0.4, 0.5) is 0 Å². The van der Waals surface area contributed by atoms with E-state index in [1.807, 2.05) is 6.92 Å². The van der Waals surface area contributed by atoms with E-state index in [0.717, 1.165) is 26.1 Å². The van der Waals surface area contributed by atoms with Gasteiger partial charge in [-0.1, -0.05) is 6.92 Å². The van der Waals surface area contributed by atoms with Crippen LogP contribution < -0.4 is 10.6 Å². The minimum atomic E-state index is -0.0229. The molecule has 0 saturated carbocycles. The maximum absolute atomic E-state index is 12.0. The van der Waals surface area contributed by atoms with Crippen LogP contribution in [0.15, 0.2) is 12.4 Å². The molecule has 1 saturated heterocycles. The molecule has 6 heteroatoms. The van der Waals surface area contributed by atoms with Crippen molar-refractivity contribution >= 4 is 18.3 Å². The van der Waals surface area contributed by atoms with E-state index in [1.165, 1.54) is 0 Å². The molecule has 1 fully saturated rings. The molecular formula is C12H21ClN4O. The van der Waals surface area contributed by atoms with E-state index < -0.39 is 0 Å². The molecular weight excluding hydrogens is 252 g/mol. The fraction of sp³-hybridized carbons (Fsp3) is 0.667. The van der Waals surface area contributed by atoms with E-state index >= 15 is 0 Å². The van der Waals surface area contributed by atoms with E-state index in [1.54, 1.807) is 17.1 Å². The van der Waals surface area contributed by atoms with Crippen molar-refractivity contribution in [3.63, 3.8) is 0 Å². The van der Waals surface area contributed by atoms with Gasteiger partial charge in [0.25, 0.3) is 5.91 Å². The Hall–Kier alpha value is -1.07. The molecule has 1 amide bonds. The minimum Gasteiger partial charge on any atom is -0.348 e. The fourth-order valence-corrected chi connectivity index (χ4v) is 2.09. The molecule has 1 aromatic rings. The first-order chi connectivity index (χ1) is 8.20. The first-order valence-electron chi connectivity index (χ1n) is 6.24. The number of hydrogen-bond donors (Lipinski definition) is 2. The van der Waals surface area contributed by atoms with Gasteiger partial charge in [-0.2, -0.15) is 5.10 Å². The number of nitrogens with zero attached hydrogens (tertiary/aromatic N) is 2. The number of rotatable bonds is 3. The summed E-state index contributed by atoms with van der Waals surface area (Å²) in [6.45, 7) is 6.87. The van der Waals surface area contributed by atoms with Gasteiger partial charge in [-0.25, -0.2) is 0 Å². The molecule has 0 aromatic carbocycles. The monoisotopic (exact) mass is 272 g/mol. The average molecular weight is 273 g/mol. The lowest BCUT2D eigenvalue weighted by atomic mass is 9.94. The van der Waals surface area contributed by atoms with E-state index in [9.17, 15) is 4.79 Å². The quantitative estimate of drug-likeness (QED) is 0.865. The Bertz CT molecular complexity index is 393. The van der Waals surface area contributed by atoms with Crippen LogP contribution in [0.3, 0.4) is 0 Å². The van der Waals surface area contributed by atoms with Crippen LogP contribution in [0.1, 0.15) is 30.6 Å². The highest BCUT2D eigenvalue weighted by atomic mass is 35.5. The second-order valence-electron chi connectivity index (χ2n) is 4.63. The molecule has 18 heavy (non-hydrogen) atoms. The molecule has 0 aliphatic carbocycles. The van der Waals surface area contributed by atoms with E-state index in [-0.39, 0.29) is 24.4 Å². The zero-order valence-electron chi connectivity index (χ0n) is 10.8. The summed E-state index contributed by atoms with van der Waals surface area (Å²) in [5.74, 6) is 0.506. The Balaban J connectivity index is 0.00000162. The van der Waals surface area contributed by atoms with Crippen LogP contribution in [0.2, 0.25) is 0 Å². The molecule has 102 valence electrons. The van der Waals surface area contributed by atoms with Gasteiger partial charge in [0.1, 0.15) is 0 Å². The third-order valence-electron chi connectivity index (χ3n) is 3.36. The van der Waals surface area contributed by atoms with Gasteiger partial charge in [0.2, 0.25) is 0 Å². The largest absolute Gasteiger partial charge is 0.348 e. The smallest absolute Gasteiger partial charge is 0.254 e. The number of hydrogen-bond acceptors (Lipinski definition) is 3. The van der Waals surface area contributed by atoms with Crippen molar-refractivity contribution in [1.82, 2.24) is 20.4 Å². The Morgan fingerprint density at radius 2 is 2.44 bits per heavy atom. The third-order valence-corrected chi connectivity index (χ3v) is 3.36. The number of piperidine rings is 1. The van der Waals surface area contributed by atoms with Gasteiger partial charge in [-0.3, -0.25) is 9.48 Å². The predicted molar refractivity (Wildman–Crippen MR) is 73.1 cm³/mol. The van der Waals surface area contributed by atoms with Crippen molar-refractivity contribution < 1.29 is 4.79 Å².